The summed E-state index contributed by atoms with van der Waals surface area (Å²) in [6.07, 6.45) is 3.22. The zero-order valence-corrected chi connectivity index (χ0v) is 20.7. The molecule has 0 rings (SSSR count). The van der Waals surface area contributed by atoms with Crippen LogP contribution in [0.4, 0.5) is 0 Å². The molecule has 0 unspecified atom stereocenters. The Bertz CT molecular complexity index is 354. The topological polar surface area (TPSA) is 94.1 Å². The first-order valence-electron chi connectivity index (χ1n) is 7.64. The van der Waals surface area contributed by atoms with Gasteiger partial charge in [-0.1, -0.05) is 13.3 Å². The molecule has 0 aromatic heterocycles. The fourth-order valence-corrected chi connectivity index (χ4v) is 2.47. The third-order valence-corrected chi connectivity index (χ3v) is 3.62. The molecular formula is C14H29Na2O7S+. The van der Waals surface area contributed by atoms with Crippen LogP contribution in [0.15, 0.2) is 0 Å². The van der Waals surface area contributed by atoms with Crippen molar-refractivity contribution in [3.05, 3.63) is 0 Å². The van der Waals surface area contributed by atoms with Crippen LogP contribution in [0.2, 0.25) is 0 Å². The summed E-state index contributed by atoms with van der Waals surface area (Å²) in [6, 6.07) is 0. The van der Waals surface area contributed by atoms with Gasteiger partial charge >= 0.3 is 59.1 Å². The van der Waals surface area contributed by atoms with E-state index in [1.165, 1.54) is 7.11 Å². The van der Waals surface area contributed by atoms with Gasteiger partial charge < -0.3 is 18.8 Å². The van der Waals surface area contributed by atoms with Crippen molar-refractivity contribution in [3.63, 3.8) is 0 Å². The molecule has 24 heavy (non-hydrogen) atoms. The van der Waals surface area contributed by atoms with Crippen molar-refractivity contribution in [2.24, 2.45) is 5.41 Å². The second-order valence-corrected chi connectivity index (χ2v) is 6.36. The van der Waals surface area contributed by atoms with Crippen LogP contribution in [0.1, 0.15) is 39.5 Å². The first-order valence-corrected chi connectivity index (χ1v) is 8.97. The molecule has 0 fully saturated rings. The van der Waals surface area contributed by atoms with Crippen LogP contribution < -0.4 is 59.1 Å². The molecule has 0 aromatic rings. The van der Waals surface area contributed by atoms with E-state index in [0.29, 0.717) is 32.7 Å². The van der Waals surface area contributed by atoms with E-state index < -0.39 is 15.8 Å². The van der Waals surface area contributed by atoms with Gasteiger partial charge in [-0.25, -0.2) is 8.42 Å². The molecule has 0 spiro atoms. The summed E-state index contributed by atoms with van der Waals surface area (Å²) in [5.41, 5.74) is -0.670. The predicted octanol–water partition coefficient (Wildman–Crippen LogP) is -4.26. The van der Waals surface area contributed by atoms with E-state index >= 15 is 0 Å². The molecule has 0 bridgehead atoms. The molecule has 0 amide bonds. The molecule has 1 atom stereocenters. The van der Waals surface area contributed by atoms with E-state index in [1.807, 2.05) is 6.92 Å². The number of unbranched alkanes of at least 4 members (excludes halogenated alkanes) is 1. The van der Waals surface area contributed by atoms with Crippen molar-refractivity contribution in [1.82, 2.24) is 0 Å². The Hall–Kier alpha value is 1.75. The number of rotatable bonds is 15. The van der Waals surface area contributed by atoms with Gasteiger partial charge in [0, 0.05) is 32.3 Å². The molecule has 10 heteroatoms. The SMILES string of the molecule is CCCCOC[C@@](CCCOCC)(COC)COS(=O)(=O)[O-].[Na+].[Na+]. The molecule has 7 nitrogen and oxygen atoms in total. The van der Waals surface area contributed by atoms with E-state index in [-0.39, 0.29) is 78.9 Å². The molecule has 134 valence electrons. The molecular weight excluding hydrogens is 358 g/mol. The Kier molecular flexibility index (Phi) is 23.0. The summed E-state index contributed by atoms with van der Waals surface area (Å²) < 4.78 is 52.8. The Morgan fingerprint density at radius 2 is 1.58 bits per heavy atom. The number of hydrogen-bond acceptors (Lipinski definition) is 7. The van der Waals surface area contributed by atoms with E-state index in [4.69, 9.17) is 14.2 Å². The maximum Gasteiger partial charge on any atom is 1.00 e. The monoisotopic (exact) mass is 387 g/mol. The van der Waals surface area contributed by atoms with Crippen LogP contribution >= 0.6 is 0 Å². The summed E-state index contributed by atoms with van der Waals surface area (Å²) in [5, 5.41) is 0. The summed E-state index contributed by atoms with van der Waals surface area (Å²) in [5.74, 6) is 0. The van der Waals surface area contributed by atoms with E-state index in [9.17, 15) is 13.0 Å². The maximum absolute atomic E-state index is 10.8. The third-order valence-electron chi connectivity index (χ3n) is 3.21. The summed E-state index contributed by atoms with van der Waals surface area (Å²) in [4.78, 5) is 0. The second kappa shape index (κ2) is 18.1. The molecule has 0 heterocycles. The van der Waals surface area contributed by atoms with Gasteiger partial charge in [-0.3, -0.25) is 4.18 Å². The van der Waals surface area contributed by atoms with Gasteiger partial charge in [-0.05, 0) is 26.2 Å². The van der Waals surface area contributed by atoms with Gasteiger partial charge in [-0.2, -0.15) is 0 Å². The average Bonchev–Trinajstić information content (AvgIpc) is 2.45. The molecule has 0 aliphatic rings. The average molecular weight is 387 g/mol. The van der Waals surface area contributed by atoms with Crippen LogP contribution in [-0.4, -0.2) is 59.7 Å². The van der Waals surface area contributed by atoms with Gasteiger partial charge in [0.05, 0.1) is 19.8 Å². The molecule has 0 aliphatic carbocycles. The minimum absolute atomic E-state index is 0. The van der Waals surface area contributed by atoms with Crippen LogP contribution in [0.3, 0.4) is 0 Å². The maximum atomic E-state index is 10.8. The number of methoxy groups -OCH3 is 1. The molecule has 0 saturated carbocycles. The Morgan fingerprint density at radius 3 is 2.08 bits per heavy atom. The van der Waals surface area contributed by atoms with Crippen LogP contribution in [0.5, 0.6) is 0 Å². The van der Waals surface area contributed by atoms with Crippen molar-refractivity contribution >= 4 is 10.4 Å². The minimum Gasteiger partial charge on any atom is -0.726 e. The first-order chi connectivity index (χ1) is 10.4. The fourth-order valence-electron chi connectivity index (χ4n) is 2.07. The van der Waals surface area contributed by atoms with E-state index in [0.717, 1.165) is 12.8 Å². The van der Waals surface area contributed by atoms with Crippen molar-refractivity contribution in [2.75, 3.05) is 46.8 Å². The van der Waals surface area contributed by atoms with Crippen molar-refractivity contribution in [1.29, 1.82) is 0 Å². The summed E-state index contributed by atoms with van der Waals surface area (Å²) >= 11 is 0. The smallest absolute Gasteiger partial charge is 0.726 e. The number of ether oxygens (including phenoxy) is 3. The van der Waals surface area contributed by atoms with Gasteiger partial charge in [0.2, 0.25) is 10.4 Å². The second-order valence-electron chi connectivity index (χ2n) is 5.31. The largest absolute Gasteiger partial charge is 1.00 e. The molecule has 0 N–H and O–H groups in total. The predicted molar refractivity (Wildman–Crippen MR) is 81.4 cm³/mol. The molecule has 0 aromatic carbocycles. The van der Waals surface area contributed by atoms with Gasteiger partial charge in [0.25, 0.3) is 0 Å². The van der Waals surface area contributed by atoms with Gasteiger partial charge in [0.1, 0.15) is 0 Å². The molecule has 0 radical (unpaired) electrons. The van der Waals surface area contributed by atoms with Crippen LogP contribution in [0, 0.1) is 5.41 Å². The summed E-state index contributed by atoms with van der Waals surface area (Å²) in [7, 11) is -3.22. The van der Waals surface area contributed by atoms with Crippen molar-refractivity contribution in [2.45, 2.75) is 39.5 Å². The molecule has 0 aliphatic heterocycles. The Labute approximate surface area is 191 Å². The standard InChI is InChI=1S/C14H30O7S.2Na/c1-4-6-9-20-12-14(11-18-3,8-7-10-19-5-2)13-21-22(15,16)17;;/h4-13H2,1-3H3,(H,15,16,17);;/q;2*+1/p-1/t14-;;/m1../s1. The van der Waals surface area contributed by atoms with Gasteiger partial charge in [-0.15, -0.1) is 0 Å². The Balaban J connectivity index is -0.00000220. The minimum atomic E-state index is -4.74. The number of hydrogen-bond donors (Lipinski definition) is 0. The van der Waals surface area contributed by atoms with Crippen molar-refractivity contribution < 1.29 is 90.5 Å². The van der Waals surface area contributed by atoms with Gasteiger partial charge in [0.15, 0.2) is 0 Å². The van der Waals surface area contributed by atoms with Crippen LogP contribution in [-0.2, 0) is 28.8 Å². The summed E-state index contributed by atoms with van der Waals surface area (Å²) in [6.45, 7) is 6.01. The normalized spacial score (nSPS) is 13.7. The quantitative estimate of drug-likeness (QED) is 0.122. The van der Waals surface area contributed by atoms with E-state index in [2.05, 4.69) is 11.1 Å². The van der Waals surface area contributed by atoms with Crippen molar-refractivity contribution in [3.8, 4) is 0 Å². The fraction of sp³-hybridized carbons (Fsp3) is 1.00. The zero-order chi connectivity index (χ0) is 16.9. The third kappa shape index (κ3) is 17.2. The first kappa shape index (κ1) is 30.5. The molecule has 0 saturated heterocycles. The van der Waals surface area contributed by atoms with E-state index in [1.54, 1.807) is 0 Å². The van der Waals surface area contributed by atoms with Crippen LogP contribution in [0.25, 0.3) is 0 Å². The Morgan fingerprint density at radius 1 is 0.958 bits per heavy atom. The zero-order valence-electron chi connectivity index (χ0n) is 15.8.